The summed E-state index contributed by atoms with van der Waals surface area (Å²) >= 11 is 0. The number of nitrogens with one attached hydrogen (secondary N) is 1. The average molecular weight is 409 g/mol. The molecule has 0 amide bonds. The lowest BCUT2D eigenvalue weighted by molar-refractivity contribution is 0.0268. The number of morpholine rings is 1. The Bertz CT molecular complexity index is 1020. The number of pyridine rings is 1. The largest absolute Gasteiger partial charge is 0.475 e. The predicted octanol–water partition coefficient (Wildman–Crippen LogP) is 3.83. The molecule has 0 unspecified atom stereocenters. The van der Waals surface area contributed by atoms with Crippen molar-refractivity contribution in [3.05, 3.63) is 48.3 Å². The summed E-state index contributed by atoms with van der Waals surface area (Å²) < 4.78 is 11.2. The minimum absolute atomic E-state index is 0.156. The van der Waals surface area contributed by atoms with E-state index in [1.165, 1.54) is 0 Å². The topological polar surface area (TPSA) is 95.3 Å². The molecule has 2 aromatic heterocycles. The number of aromatic amines is 1. The average Bonchev–Trinajstić information content (AvgIpc) is 3.16. The first-order valence-corrected chi connectivity index (χ1v) is 10.1. The van der Waals surface area contributed by atoms with Gasteiger partial charge in [-0.2, -0.15) is 10.2 Å². The van der Waals surface area contributed by atoms with Gasteiger partial charge in [-0.25, -0.2) is 4.98 Å². The summed E-state index contributed by atoms with van der Waals surface area (Å²) in [7, 11) is 0. The molecule has 3 aromatic rings. The monoisotopic (exact) mass is 409 g/mol. The minimum atomic E-state index is -0.939. The molecule has 1 aromatic carbocycles. The molecule has 0 radical (unpaired) electrons. The lowest BCUT2D eigenvalue weighted by Crippen LogP contribution is -2.36. The molecule has 1 aliphatic heterocycles. The summed E-state index contributed by atoms with van der Waals surface area (Å²) in [5.41, 5.74) is 2.66. The summed E-state index contributed by atoms with van der Waals surface area (Å²) in [6, 6.07) is 11.9. The van der Waals surface area contributed by atoms with Crippen LogP contribution in [0.5, 0.6) is 5.88 Å². The number of aromatic nitrogens is 2. The molecule has 0 atom stereocenters. The number of hydrogen-bond donors (Lipinski definition) is 2. The first kappa shape index (κ1) is 20.3. The number of aliphatic hydroxyl groups is 1. The first-order valence-electron chi connectivity index (χ1n) is 10.1. The highest BCUT2D eigenvalue weighted by atomic mass is 16.5. The van der Waals surface area contributed by atoms with E-state index in [4.69, 9.17) is 9.47 Å². The van der Waals surface area contributed by atoms with Gasteiger partial charge in [0, 0.05) is 41.9 Å². The van der Waals surface area contributed by atoms with Crippen LogP contribution < -0.4 is 9.64 Å². The van der Waals surface area contributed by atoms with Crippen LogP contribution >= 0.6 is 0 Å². The molecule has 0 saturated carbocycles. The molecule has 3 heterocycles. The molecule has 8 nitrogen and oxygen atoms in total. The third-order valence-electron chi connectivity index (χ3n) is 4.77. The third kappa shape index (κ3) is 5.14. The van der Waals surface area contributed by atoms with E-state index >= 15 is 0 Å². The Kier molecular flexibility index (Phi) is 5.96. The van der Waals surface area contributed by atoms with Gasteiger partial charge in [-0.15, -0.1) is 0 Å². The van der Waals surface area contributed by atoms with Crippen molar-refractivity contribution >= 4 is 22.3 Å². The summed E-state index contributed by atoms with van der Waals surface area (Å²) in [4.78, 5) is 10.00. The number of nitrogens with zero attached hydrogens (tertiary/aromatic N) is 4. The van der Waals surface area contributed by atoms with Crippen molar-refractivity contribution in [2.24, 2.45) is 10.2 Å². The molecule has 0 spiro atoms. The summed E-state index contributed by atoms with van der Waals surface area (Å²) in [5, 5.41) is 19.8. The van der Waals surface area contributed by atoms with Crippen molar-refractivity contribution < 1.29 is 14.6 Å². The predicted molar refractivity (Wildman–Crippen MR) is 116 cm³/mol. The second kappa shape index (κ2) is 8.81. The van der Waals surface area contributed by atoms with Crippen LogP contribution in [0.3, 0.4) is 0 Å². The molecular weight excluding hydrogens is 382 g/mol. The summed E-state index contributed by atoms with van der Waals surface area (Å²) in [6.07, 6.45) is 1.85. The molecule has 1 fully saturated rings. The lowest BCUT2D eigenvalue weighted by Gasteiger charge is -2.29. The smallest absolute Gasteiger partial charge is 0.215 e. The van der Waals surface area contributed by atoms with E-state index in [1.807, 2.05) is 42.6 Å². The second-order valence-electron chi connectivity index (χ2n) is 7.97. The fraction of sp³-hybridized carbons (Fsp3) is 0.409. The Morgan fingerprint density at radius 3 is 2.83 bits per heavy atom. The van der Waals surface area contributed by atoms with Crippen LogP contribution in [0, 0.1) is 0 Å². The quantitative estimate of drug-likeness (QED) is 0.578. The highest BCUT2D eigenvalue weighted by molar-refractivity contribution is 5.90. The van der Waals surface area contributed by atoms with Gasteiger partial charge in [-0.05, 0) is 26.0 Å². The van der Waals surface area contributed by atoms with Gasteiger partial charge in [0.15, 0.2) is 0 Å². The Hall–Kier alpha value is -2.97. The van der Waals surface area contributed by atoms with Crippen LogP contribution in [0.4, 0.5) is 11.4 Å². The van der Waals surface area contributed by atoms with Crippen LogP contribution in [0.15, 0.2) is 52.8 Å². The van der Waals surface area contributed by atoms with Gasteiger partial charge in [-0.1, -0.05) is 18.2 Å². The van der Waals surface area contributed by atoms with Gasteiger partial charge in [0.2, 0.25) is 5.88 Å². The normalized spacial score (nSPS) is 15.2. The van der Waals surface area contributed by atoms with Crippen molar-refractivity contribution in [3.63, 3.8) is 0 Å². The maximum atomic E-state index is 9.98. The zero-order valence-corrected chi connectivity index (χ0v) is 17.3. The van der Waals surface area contributed by atoms with Crippen LogP contribution in [0.25, 0.3) is 10.9 Å². The van der Waals surface area contributed by atoms with E-state index in [-0.39, 0.29) is 6.61 Å². The Morgan fingerprint density at radius 2 is 2.03 bits per heavy atom. The highest BCUT2D eigenvalue weighted by Gasteiger charge is 2.17. The number of hydrogen-bond acceptors (Lipinski definition) is 7. The fourth-order valence-electron chi connectivity index (χ4n) is 3.28. The summed E-state index contributed by atoms with van der Waals surface area (Å²) in [6.45, 7) is 6.90. The number of ether oxygens (including phenoxy) is 2. The number of azo groups is 1. The lowest BCUT2D eigenvalue weighted by atomic mass is 10.2. The molecule has 30 heavy (non-hydrogen) atoms. The molecule has 1 saturated heterocycles. The highest BCUT2D eigenvalue weighted by Crippen LogP contribution is 2.27. The number of benzene rings is 1. The Balaban J connectivity index is 1.54. The molecule has 4 rings (SSSR count). The SMILES string of the molecule is CC(C)(O)COc1cc(N2CCOCC2)cc(CN=Nc2c[nH]c3ccccc23)n1. The van der Waals surface area contributed by atoms with E-state index in [2.05, 4.69) is 25.1 Å². The molecule has 0 bridgehead atoms. The second-order valence-corrected chi connectivity index (χ2v) is 7.97. The van der Waals surface area contributed by atoms with Crippen LogP contribution in [-0.4, -0.2) is 53.6 Å². The number of H-pyrrole nitrogens is 1. The van der Waals surface area contributed by atoms with Gasteiger partial charge in [-0.3, -0.25) is 0 Å². The molecule has 158 valence electrons. The molecule has 1 aliphatic rings. The van der Waals surface area contributed by atoms with Crippen molar-refractivity contribution in [3.8, 4) is 5.88 Å². The minimum Gasteiger partial charge on any atom is -0.475 e. The number of anilines is 1. The van der Waals surface area contributed by atoms with Crippen molar-refractivity contribution in [1.29, 1.82) is 0 Å². The zero-order valence-electron chi connectivity index (χ0n) is 17.3. The molecular formula is C22H27N5O3. The van der Waals surface area contributed by atoms with Crippen molar-refractivity contribution in [2.45, 2.75) is 26.0 Å². The van der Waals surface area contributed by atoms with E-state index in [0.717, 1.165) is 41.1 Å². The maximum absolute atomic E-state index is 9.98. The van der Waals surface area contributed by atoms with Gasteiger partial charge < -0.3 is 24.5 Å². The van der Waals surface area contributed by atoms with Gasteiger partial charge >= 0.3 is 0 Å². The Morgan fingerprint density at radius 1 is 1.23 bits per heavy atom. The van der Waals surface area contributed by atoms with Crippen LogP contribution in [-0.2, 0) is 11.3 Å². The van der Waals surface area contributed by atoms with E-state index in [1.54, 1.807) is 13.8 Å². The zero-order chi connectivity index (χ0) is 21.0. The molecule has 8 heteroatoms. The number of fused-ring (bicyclic) bond motifs is 1. The van der Waals surface area contributed by atoms with E-state index in [9.17, 15) is 5.11 Å². The maximum Gasteiger partial charge on any atom is 0.215 e. The van der Waals surface area contributed by atoms with Crippen LogP contribution in [0.1, 0.15) is 19.5 Å². The van der Waals surface area contributed by atoms with Gasteiger partial charge in [0.1, 0.15) is 18.8 Å². The van der Waals surface area contributed by atoms with E-state index < -0.39 is 5.60 Å². The van der Waals surface area contributed by atoms with Gasteiger partial charge in [0.25, 0.3) is 0 Å². The van der Waals surface area contributed by atoms with Crippen molar-refractivity contribution in [1.82, 2.24) is 9.97 Å². The fourth-order valence-corrected chi connectivity index (χ4v) is 3.28. The van der Waals surface area contributed by atoms with Gasteiger partial charge in [0.05, 0.1) is 24.5 Å². The summed E-state index contributed by atoms with van der Waals surface area (Å²) in [5.74, 6) is 0.471. The molecule has 0 aliphatic carbocycles. The standard InChI is InChI=1S/C22H27N5O3/c1-22(2,28)15-30-21-12-17(27-7-9-29-10-8-27)11-16(25-21)13-24-26-20-14-23-19-6-4-3-5-18(19)20/h3-6,11-12,14,23,28H,7-10,13,15H2,1-2H3. The van der Waals surface area contributed by atoms with Crippen molar-refractivity contribution in [2.75, 3.05) is 37.8 Å². The third-order valence-corrected chi connectivity index (χ3v) is 4.77. The van der Waals surface area contributed by atoms with E-state index in [0.29, 0.717) is 25.6 Å². The first-order chi connectivity index (χ1) is 14.5. The number of rotatable bonds is 7. The molecule has 2 N–H and O–H groups in total. The Labute approximate surface area is 175 Å². The number of para-hydroxylation sites is 1. The van der Waals surface area contributed by atoms with Crippen LogP contribution in [0.2, 0.25) is 0 Å².